The van der Waals surface area contributed by atoms with Crippen molar-refractivity contribution >= 4 is 17.2 Å². The summed E-state index contributed by atoms with van der Waals surface area (Å²) >= 11 is 1.78. The summed E-state index contributed by atoms with van der Waals surface area (Å²) in [5.41, 5.74) is 2.42. The van der Waals surface area contributed by atoms with Crippen LogP contribution in [0.1, 0.15) is 42.3 Å². The number of hydrogen-bond donors (Lipinski definition) is 1. The van der Waals surface area contributed by atoms with Crippen LogP contribution in [0, 0.1) is 12.8 Å². The van der Waals surface area contributed by atoms with E-state index in [0.29, 0.717) is 19.1 Å². The molecule has 1 amide bonds. The third kappa shape index (κ3) is 5.11. The summed E-state index contributed by atoms with van der Waals surface area (Å²) in [5.74, 6) is 1.61. The number of ether oxygens (including phenoxy) is 1. The summed E-state index contributed by atoms with van der Waals surface area (Å²) in [6.07, 6.45) is 2.06. The lowest BCUT2D eigenvalue weighted by atomic mass is 10.0. The Balaban J connectivity index is 1.67. The van der Waals surface area contributed by atoms with E-state index in [-0.39, 0.29) is 11.9 Å². The zero-order chi connectivity index (χ0) is 19.2. The number of amides is 1. The van der Waals surface area contributed by atoms with Crippen LogP contribution in [0.4, 0.5) is 0 Å². The molecule has 0 saturated heterocycles. The Bertz CT molecular complexity index is 758. The van der Waals surface area contributed by atoms with E-state index in [1.165, 1.54) is 16.0 Å². The Kier molecular flexibility index (Phi) is 6.91. The van der Waals surface area contributed by atoms with Gasteiger partial charge in [-0.25, -0.2) is 0 Å². The van der Waals surface area contributed by atoms with E-state index >= 15 is 0 Å². The summed E-state index contributed by atoms with van der Waals surface area (Å²) in [5, 5.41) is 5.45. The predicted octanol–water partition coefficient (Wildman–Crippen LogP) is 4.20. The van der Waals surface area contributed by atoms with Crippen LogP contribution in [-0.4, -0.2) is 37.0 Å². The first-order valence-corrected chi connectivity index (χ1v) is 10.7. The van der Waals surface area contributed by atoms with E-state index in [9.17, 15) is 4.79 Å². The molecule has 2 heterocycles. The van der Waals surface area contributed by atoms with Gasteiger partial charge in [-0.05, 0) is 60.5 Å². The monoisotopic (exact) mass is 386 g/mol. The molecule has 0 bridgehead atoms. The molecule has 1 N–H and O–H groups in total. The maximum atomic E-state index is 12.9. The van der Waals surface area contributed by atoms with Gasteiger partial charge in [0.25, 0.3) is 0 Å². The van der Waals surface area contributed by atoms with Crippen molar-refractivity contribution in [2.24, 2.45) is 5.92 Å². The number of aryl methyl sites for hydroxylation is 1. The minimum absolute atomic E-state index is 0.0154. The fourth-order valence-electron chi connectivity index (χ4n) is 3.43. The molecular formula is C22H30N2O2S. The van der Waals surface area contributed by atoms with E-state index in [4.69, 9.17) is 4.74 Å². The molecule has 0 fully saturated rings. The van der Waals surface area contributed by atoms with Crippen molar-refractivity contribution in [2.75, 3.05) is 26.2 Å². The molecule has 5 heteroatoms. The van der Waals surface area contributed by atoms with Gasteiger partial charge in [0, 0.05) is 11.4 Å². The first-order valence-electron chi connectivity index (χ1n) is 9.84. The normalized spacial score (nSPS) is 17.4. The molecule has 1 aliphatic heterocycles. The van der Waals surface area contributed by atoms with Crippen LogP contribution in [-0.2, 0) is 11.2 Å². The summed E-state index contributed by atoms with van der Waals surface area (Å²) in [6, 6.07) is 10.2. The van der Waals surface area contributed by atoms with Crippen molar-refractivity contribution in [1.82, 2.24) is 10.2 Å². The summed E-state index contributed by atoms with van der Waals surface area (Å²) in [4.78, 5) is 16.3. The van der Waals surface area contributed by atoms with Crippen LogP contribution in [0.15, 0.2) is 35.7 Å². The highest BCUT2D eigenvalue weighted by molar-refractivity contribution is 7.10. The summed E-state index contributed by atoms with van der Waals surface area (Å²) < 4.78 is 6.08. The molecular weight excluding hydrogens is 356 g/mol. The van der Waals surface area contributed by atoms with Gasteiger partial charge in [-0.3, -0.25) is 4.79 Å². The lowest BCUT2D eigenvalue weighted by Gasteiger charge is -2.36. The van der Waals surface area contributed by atoms with E-state index < -0.39 is 0 Å². The second kappa shape index (κ2) is 9.38. The van der Waals surface area contributed by atoms with Gasteiger partial charge in [-0.1, -0.05) is 32.4 Å². The van der Waals surface area contributed by atoms with Crippen LogP contribution in [0.3, 0.4) is 0 Å². The number of nitrogens with one attached hydrogen (secondary N) is 1. The molecule has 0 spiro atoms. The highest BCUT2D eigenvalue weighted by atomic mass is 32.1. The minimum atomic E-state index is -0.0154. The first-order chi connectivity index (χ1) is 13.1. The lowest BCUT2D eigenvalue weighted by Crippen LogP contribution is -2.46. The average molecular weight is 387 g/mol. The quantitative estimate of drug-likeness (QED) is 0.739. The summed E-state index contributed by atoms with van der Waals surface area (Å²) in [6.45, 7) is 8.96. The molecule has 1 aromatic carbocycles. The first kappa shape index (κ1) is 19.9. The fraction of sp³-hybridized carbons (Fsp3) is 0.500. The molecule has 4 nitrogen and oxygen atoms in total. The number of benzene rings is 1. The maximum Gasteiger partial charge on any atom is 0.237 e. The number of carbonyl (C=O) groups is 1. The Morgan fingerprint density at radius 1 is 1.41 bits per heavy atom. The SMILES string of the molecule is CC[C@@H](C)CNCC(=O)N1CCc2sccc2[C@H]1COc1cccc(C)c1. The Labute approximate surface area is 166 Å². The molecule has 1 aliphatic rings. The van der Waals surface area contributed by atoms with E-state index in [0.717, 1.165) is 31.7 Å². The molecule has 3 rings (SSSR count). The van der Waals surface area contributed by atoms with E-state index in [2.05, 4.69) is 43.6 Å². The van der Waals surface area contributed by atoms with Gasteiger partial charge < -0.3 is 15.0 Å². The molecule has 2 aromatic rings. The van der Waals surface area contributed by atoms with Crippen molar-refractivity contribution in [3.8, 4) is 5.75 Å². The molecule has 27 heavy (non-hydrogen) atoms. The third-order valence-corrected chi connectivity index (χ3v) is 6.28. The highest BCUT2D eigenvalue weighted by Gasteiger charge is 2.31. The van der Waals surface area contributed by atoms with E-state index in [1.54, 1.807) is 11.3 Å². The summed E-state index contributed by atoms with van der Waals surface area (Å²) in [7, 11) is 0. The second-order valence-electron chi connectivity index (χ2n) is 7.42. The molecule has 0 unspecified atom stereocenters. The molecule has 0 saturated carbocycles. The smallest absolute Gasteiger partial charge is 0.237 e. The van der Waals surface area contributed by atoms with Crippen LogP contribution in [0.5, 0.6) is 5.75 Å². The van der Waals surface area contributed by atoms with Crippen molar-refractivity contribution in [2.45, 2.75) is 39.7 Å². The molecule has 0 radical (unpaired) electrons. The van der Waals surface area contributed by atoms with Gasteiger partial charge in [-0.2, -0.15) is 0 Å². The number of rotatable bonds is 8. The van der Waals surface area contributed by atoms with Crippen LogP contribution >= 0.6 is 11.3 Å². The molecule has 0 aliphatic carbocycles. The van der Waals surface area contributed by atoms with Gasteiger partial charge in [-0.15, -0.1) is 11.3 Å². The molecule has 1 aromatic heterocycles. The standard InChI is InChI=1S/C22H30N2O2S/c1-4-16(2)13-23-14-22(25)24-10-8-21-19(9-11-27-21)20(24)15-26-18-7-5-6-17(3)12-18/h5-7,9,11-12,16,20,23H,4,8,10,13-15H2,1-3H3/t16-,20-/m1/s1. The van der Waals surface area contributed by atoms with Crippen molar-refractivity contribution < 1.29 is 9.53 Å². The molecule has 146 valence electrons. The zero-order valence-corrected chi connectivity index (χ0v) is 17.3. The fourth-order valence-corrected chi connectivity index (χ4v) is 4.35. The van der Waals surface area contributed by atoms with Crippen LogP contribution in [0.25, 0.3) is 0 Å². The van der Waals surface area contributed by atoms with Gasteiger partial charge in [0.05, 0.1) is 12.6 Å². The van der Waals surface area contributed by atoms with Gasteiger partial charge in [0.1, 0.15) is 12.4 Å². The Morgan fingerprint density at radius 2 is 2.26 bits per heavy atom. The van der Waals surface area contributed by atoms with E-state index in [1.807, 2.05) is 23.1 Å². The largest absolute Gasteiger partial charge is 0.491 e. The maximum absolute atomic E-state index is 12.9. The number of fused-ring (bicyclic) bond motifs is 1. The topological polar surface area (TPSA) is 41.6 Å². The van der Waals surface area contributed by atoms with Crippen LogP contribution < -0.4 is 10.1 Å². The second-order valence-corrected chi connectivity index (χ2v) is 8.42. The number of hydrogen-bond acceptors (Lipinski definition) is 4. The van der Waals surface area contributed by atoms with Gasteiger partial charge >= 0.3 is 0 Å². The lowest BCUT2D eigenvalue weighted by molar-refractivity contribution is -0.133. The Morgan fingerprint density at radius 3 is 3.04 bits per heavy atom. The zero-order valence-electron chi connectivity index (χ0n) is 16.5. The van der Waals surface area contributed by atoms with Crippen molar-refractivity contribution in [3.05, 3.63) is 51.7 Å². The van der Waals surface area contributed by atoms with Crippen molar-refractivity contribution in [3.63, 3.8) is 0 Å². The van der Waals surface area contributed by atoms with Gasteiger partial charge in [0.2, 0.25) is 5.91 Å². The average Bonchev–Trinajstić information content (AvgIpc) is 3.14. The van der Waals surface area contributed by atoms with Crippen LogP contribution in [0.2, 0.25) is 0 Å². The number of carbonyl (C=O) groups excluding carboxylic acids is 1. The highest BCUT2D eigenvalue weighted by Crippen LogP contribution is 2.33. The number of nitrogens with zero attached hydrogens (tertiary/aromatic N) is 1. The molecule has 2 atom stereocenters. The Hall–Kier alpha value is -1.85. The number of thiophene rings is 1. The predicted molar refractivity (Wildman–Crippen MR) is 111 cm³/mol. The minimum Gasteiger partial charge on any atom is -0.491 e. The third-order valence-electron chi connectivity index (χ3n) is 5.28. The van der Waals surface area contributed by atoms with Crippen molar-refractivity contribution in [1.29, 1.82) is 0 Å². The van der Waals surface area contributed by atoms with Gasteiger partial charge in [0.15, 0.2) is 0 Å².